The summed E-state index contributed by atoms with van der Waals surface area (Å²) in [5.41, 5.74) is 11.1. The molecule has 1 amide bonds. The molecule has 0 bridgehead atoms. The van der Waals surface area contributed by atoms with Gasteiger partial charge in [-0.05, 0) is 62.1 Å². The van der Waals surface area contributed by atoms with E-state index in [0.29, 0.717) is 13.0 Å². The molecule has 158 valence electrons. The largest absolute Gasteiger partial charge is 0.326 e. The molecule has 0 saturated heterocycles. The third-order valence-electron chi connectivity index (χ3n) is 4.48. The fraction of sp³-hybridized carbons (Fsp3) is 0.429. The molecule has 0 fully saturated rings. The van der Waals surface area contributed by atoms with E-state index < -0.39 is 10.1 Å². The summed E-state index contributed by atoms with van der Waals surface area (Å²) in [4.78, 5) is 17.7. The molecule has 2 N–H and O–H groups in total. The molecule has 0 radical (unpaired) electrons. The second kappa shape index (κ2) is 9.96. The van der Waals surface area contributed by atoms with E-state index >= 15 is 0 Å². The SMILES string of the molecule is CCS(=O)(=O)OC(C)C.CN1C(=O)CCc2cc(-c3cncc(CN)c3)ccc21. The Kier molecular flexibility index (Phi) is 7.89. The summed E-state index contributed by atoms with van der Waals surface area (Å²) in [6, 6.07) is 8.25. The molecule has 0 aliphatic carbocycles. The van der Waals surface area contributed by atoms with Crippen molar-refractivity contribution >= 4 is 21.7 Å². The average molecular weight is 420 g/mol. The Morgan fingerprint density at radius 1 is 1.17 bits per heavy atom. The number of benzene rings is 1. The molecule has 1 aliphatic heterocycles. The van der Waals surface area contributed by atoms with Crippen LogP contribution in [0.4, 0.5) is 5.69 Å². The maximum absolute atomic E-state index is 11.7. The van der Waals surface area contributed by atoms with Crippen LogP contribution in [0.15, 0.2) is 36.7 Å². The van der Waals surface area contributed by atoms with E-state index in [9.17, 15) is 13.2 Å². The van der Waals surface area contributed by atoms with E-state index in [4.69, 9.17) is 5.73 Å². The van der Waals surface area contributed by atoms with Crippen LogP contribution in [0.25, 0.3) is 11.1 Å². The summed E-state index contributed by atoms with van der Waals surface area (Å²) < 4.78 is 25.7. The quantitative estimate of drug-likeness (QED) is 0.748. The average Bonchev–Trinajstić information content (AvgIpc) is 2.70. The number of pyridine rings is 1. The van der Waals surface area contributed by atoms with Gasteiger partial charge < -0.3 is 10.6 Å². The van der Waals surface area contributed by atoms with Crippen LogP contribution in [-0.2, 0) is 32.1 Å². The highest BCUT2D eigenvalue weighted by Crippen LogP contribution is 2.31. The fourth-order valence-corrected chi connectivity index (χ4v) is 3.68. The molecule has 3 rings (SSSR count). The van der Waals surface area contributed by atoms with E-state index in [1.165, 1.54) is 5.56 Å². The molecule has 1 aromatic heterocycles. The van der Waals surface area contributed by atoms with Gasteiger partial charge in [0.25, 0.3) is 10.1 Å². The Balaban J connectivity index is 0.000000284. The molecule has 0 unspecified atom stereocenters. The van der Waals surface area contributed by atoms with Crippen LogP contribution < -0.4 is 10.6 Å². The lowest BCUT2D eigenvalue weighted by Crippen LogP contribution is -2.30. The number of carbonyl (C=O) groups is 1. The summed E-state index contributed by atoms with van der Waals surface area (Å²) in [7, 11) is -1.39. The number of aryl methyl sites for hydroxylation is 1. The van der Waals surface area contributed by atoms with Gasteiger partial charge in [-0.3, -0.25) is 14.0 Å². The second-order valence-electron chi connectivity index (χ2n) is 7.07. The summed E-state index contributed by atoms with van der Waals surface area (Å²) in [5, 5.41) is 0. The Labute approximate surface area is 173 Å². The number of hydrogen-bond acceptors (Lipinski definition) is 6. The van der Waals surface area contributed by atoms with E-state index in [1.807, 2.05) is 25.4 Å². The first kappa shape index (κ1) is 23.0. The summed E-state index contributed by atoms with van der Waals surface area (Å²) in [6.45, 7) is 5.42. The molecule has 1 aromatic carbocycles. The monoisotopic (exact) mass is 419 g/mol. The summed E-state index contributed by atoms with van der Waals surface area (Å²) in [6.07, 6.45) is 4.77. The minimum Gasteiger partial charge on any atom is -0.326 e. The van der Waals surface area contributed by atoms with Crippen molar-refractivity contribution in [2.75, 3.05) is 17.7 Å². The number of rotatable bonds is 5. The van der Waals surface area contributed by atoms with Gasteiger partial charge in [0.2, 0.25) is 5.91 Å². The van der Waals surface area contributed by atoms with Crippen LogP contribution in [0.3, 0.4) is 0 Å². The lowest BCUT2D eigenvalue weighted by Gasteiger charge is -2.26. The highest BCUT2D eigenvalue weighted by molar-refractivity contribution is 7.86. The van der Waals surface area contributed by atoms with Gasteiger partial charge in [-0.2, -0.15) is 8.42 Å². The van der Waals surface area contributed by atoms with E-state index in [2.05, 4.69) is 21.3 Å². The zero-order valence-electron chi connectivity index (χ0n) is 17.4. The molecular formula is C21H29N3O4S. The van der Waals surface area contributed by atoms with Crippen LogP contribution in [0.2, 0.25) is 0 Å². The Bertz CT molecular complexity index is 958. The van der Waals surface area contributed by atoms with Crippen molar-refractivity contribution in [3.8, 4) is 11.1 Å². The van der Waals surface area contributed by atoms with Crippen molar-refractivity contribution in [2.45, 2.75) is 46.3 Å². The van der Waals surface area contributed by atoms with Crippen molar-refractivity contribution in [2.24, 2.45) is 5.73 Å². The third kappa shape index (κ3) is 6.35. The number of anilines is 1. The minimum absolute atomic E-state index is 0.0468. The first-order valence-electron chi connectivity index (χ1n) is 9.61. The van der Waals surface area contributed by atoms with Crippen LogP contribution >= 0.6 is 0 Å². The summed E-state index contributed by atoms with van der Waals surface area (Å²) >= 11 is 0. The fourth-order valence-electron chi connectivity index (χ4n) is 2.95. The van der Waals surface area contributed by atoms with Crippen LogP contribution in [0, 0.1) is 0 Å². The van der Waals surface area contributed by atoms with E-state index in [0.717, 1.165) is 28.8 Å². The molecule has 0 saturated carbocycles. The van der Waals surface area contributed by atoms with Crippen LogP contribution in [0.1, 0.15) is 38.3 Å². The van der Waals surface area contributed by atoms with Crippen molar-refractivity contribution < 1.29 is 17.4 Å². The highest BCUT2D eigenvalue weighted by Gasteiger charge is 2.20. The number of nitrogens with zero attached hydrogens (tertiary/aromatic N) is 2. The number of carbonyl (C=O) groups excluding carboxylic acids is 1. The molecule has 2 heterocycles. The van der Waals surface area contributed by atoms with Gasteiger partial charge in [0, 0.05) is 43.7 Å². The minimum atomic E-state index is -3.22. The molecule has 0 atom stereocenters. The highest BCUT2D eigenvalue weighted by atomic mass is 32.2. The Hall–Kier alpha value is -2.29. The summed E-state index contributed by atoms with van der Waals surface area (Å²) in [5.74, 6) is 0.225. The van der Waals surface area contributed by atoms with Gasteiger partial charge in [-0.1, -0.05) is 6.07 Å². The van der Waals surface area contributed by atoms with Crippen molar-refractivity contribution in [1.29, 1.82) is 0 Å². The first-order chi connectivity index (χ1) is 13.7. The van der Waals surface area contributed by atoms with Crippen molar-refractivity contribution in [3.05, 3.63) is 47.8 Å². The first-order valence-corrected chi connectivity index (χ1v) is 11.2. The van der Waals surface area contributed by atoms with Gasteiger partial charge in [-0.15, -0.1) is 0 Å². The molecule has 8 heteroatoms. The van der Waals surface area contributed by atoms with Gasteiger partial charge in [0.15, 0.2) is 0 Å². The lowest BCUT2D eigenvalue weighted by molar-refractivity contribution is -0.118. The van der Waals surface area contributed by atoms with Gasteiger partial charge >= 0.3 is 0 Å². The normalized spacial score (nSPS) is 13.7. The number of aromatic nitrogens is 1. The molecular weight excluding hydrogens is 390 g/mol. The van der Waals surface area contributed by atoms with Gasteiger partial charge in [0.1, 0.15) is 0 Å². The lowest BCUT2D eigenvalue weighted by atomic mass is 9.96. The van der Waals surface area contributed by atoms with Gasteiger partial charge in [0.05, 0.1) is 11.9 Å². The Morgan fingerprint density at radius 2 is 1.90 bits per heavy atom. The zero-order chi connectivity index (χ0) is 21.6. The predicted octanol–water partition coefficient (Wildman–Crippen LogP) is 2.88. The van der Waals surface area contributed by atoms with Crippen molar-refractivity contribution in [1.82, 2.24) is 4.98 Å². The smallest absolute Gasteiger partial charge is 0.267 e. The number of fused-ring (bicyclic) bond motifs is 1. The maximum Gasteiger partial charge on any atom is 0.267 e. The Morgan fingerprint density at radius 3 is 2.48 bits per heavy atom. The maximum atomic E-state index is 11.7. The number of nitrogens with two attached hydrogens (primary N) is 1. The van der Waals surface area contributed by atoms with Crippen LogP contribution in [0.5, 0.6) is 0 Å². The van der Waals surface area contributed by atoms with Crippen molar-refractivity contribution in [3.63, 3.8) is 0 Å². The van der Waals surface area contributed by atoms with Crippen LogP contribution in [-0.4, -0.2) is 38.2 Å². The predicted molar refractivity (Wildman–Crippen MR) is 115 cm³/mol. The third-order valence-corrected chi connectivity index (χ3v) is 5.86. The topological polar surface area (TPSA) is 103 Å². The zero-order valence-corrected chi connectivity index (χ0v) is 18.2. The molecule has 7 nitrogen and oxygen atoms in total. The standard InChI is InChI=1S/C16H17N3O.C5H12O3S/c1-19-15-4-2-12(7-13(15)3-5-16(19)20)14-6-11(8-17)9-18-10-14;1-4-9(6,7)8-5(2)3/h2,4,6-7,9-10H,3,5,8,17H2,1H3;5H,4H2,1-3H3. The molecule has 2 aromatic rings. The second-order valence-corrected chi connectivity index (χ2v) is 8.96. The molecule has 29 heavy (non-hydrogen) atoms. The van der Waals surface area contributed by atoms with Gasteiger partial charge in [-0.25, -0.2) is 0 Å². The number of hydrogen-bond donors (Lipinski definition) is 1. The number of amides is 1. The molecule has 1 aliphatic rings. The van der Waals surface area contributed by atoms with E-state index in [-0.39, 0.29) is 17.8 Å². The van der Waals surface area contributed by atoms with E-state index in [1.54, 1.807) is 31.9 Å². The molecule has 0 spiro atoms.